The number of amides is 1. The van der Waals surface area contributed by atoms with Gasteiger partial charge in [0.05, 0.1) is 5.56 Å². The van der Waals surface area contributed by atoms with E-state index >= 15 is 0 Å². The Kier molecular flexibility index (Phi) is 3.84. The molecule has 0 aliphatic rings. The highest BCUT2D eigenvalue weighted by Crippen LogP contribution is 2.30. The number of phenolic OH excluding ortho intramolecular Hbond substituents is 1. The zero-order chi connectivity index (χ0) is 14.7. The average molecular weight is 269 g/mol. The highest BCUT2D eigenvalue weighted by atomic mass is 16.3. The van der Waals surface area contributed by atoms with E-state index in [2.05, 4.69) is 5.32 Å². The van der Waals surface area contributed by atoms with Crippen molar-refractivity contribution in [1.29, 1.82) is 0 Å². The van der Waals surface area contributed by atoms with E-state index in [0.717, 1.165) is 22.4 Å². The number of aromatic hydroxyl groups is 1. The average Bonchev–Trinajstić information content (AvgIpc) is 2.41. The number of carbonyl (C=O) groups is 2. The Bertz CT molecular complexity index is 677. The van der Waals surface area contributed by atoms with Crippen LogP contribution in [0.2, 0.25) is 0 Å². The number of anilines is 1. The first kappa shape index (κ1) is 13.8. The molecule has 2 aromatic carbocycles. The Balaban J connectivity index is 2.52. The molecule has 0 saturated heterocycles. The number of hydrogen-bond acceptors (Lipinski definition) is 3. The van der Waals surface area contributed by atoms with Crippen molar-refractivity contribution in [2.24, 2.45) is 0 Å². The summed E-state index contributed by atoms with van der Waals surface area (Å²) in [7, 11) is 0. The van der Waals surface area contributed by atoms with Gasteiger partial charge in [-0.05, 0) is 41.8 Å². The molecule has 0 fully saturated rings. The minimum Gasteiger partial charge on any atom is -0.507 e. The summed E-state index contributed by atoms with van der Waals surface area (Å²) < 4.78 is 0. The summed E-state index contributed by atoms with van der Waals surface area (Å²) in [6.07, 6.45) is 0.617. The zero-order valence-corrected chi connectivity index (χ0v) is 11.3. The molecule has 0 atom stereocenters. The van der Waals surface area contributed by atoms with Crippen LogP contribution in [0.1, 0.15) is 22.8 Å². The molecule has 0 heterocycles. The number of rotatable bonds is 3. The van der Waals surface area contributed by atoms with Gasteiger partial charge in [-0.1, -0.05) is 18.2 Å². The van der Waals surface area contributed by atoms with Crippen LogP contribution in [0, 0.1) is 6.92 Å². The van der Waals surface area contributed by atoms with Crippen molar-refractivity contribution < 1.29 is 14.7 Å². The lowest BCUT2D eigenvalue weighted by Crippen LogP contribution is -2.07. The van der Waals surface area contributed by atoms with E-state index < -0.39 is 0 Å². The fraction of sp³-hybridized carbons (Fsp3) is 0.125. The van der Waals surface area contributed by atoms with Gasteiger partial charge in [-0.2, -0.15) is 0 Å². The van der Waals surface area contributed by atoms with E-state index in [9.17, 15) is 14.7 Å². The number of phenols is 1. The Morgan fingerprint density at radius 3 is 2.65 bits per heavy atom. The third kappa shape index (κ3) is 2.69. The summed E-state index contributed by atoms with van der Waals surface area (Å²) >= 11 is 0. The quantitative estimate of drug-likeness (QED) is 0.841. The second-order valence-corrected chi connectivity index (χ2v) is 4.55. The number of hydrogen-bond donors (Lipinski definition) is 2. The van der Waals surface area contributed by atoms with E-state index in [-0.39, 0.29) is 17.2 Å². The van der Waals surface area contributed by atoms with Crippen LogP contribution in [0.15, 0.2) is 36.4 Å². The molecular weight excluding hydrogens is 254 g/mol. The molecule has 0 unspecified atom stereocenters. The summed E-state index contributed by atoms with van der Waals surface area (Å²) in [4.78, 5) is 22.1. The van der Waals surface area contributed by atoms with E-state index in [4.69, 9.17) is 0 Å². The molecule has 102 valence electrons. The summed E-state index contributed by atoms with van der Waals surface area (Å²) in [5.74, 6) is -0.177. The maximum absolute atomic E-state index is 11.2. The van der Waals surface area contributed by atoms with Crippen molar-refractivity contribution in [2.75, 3.05) is 5.32 Å². The van der Waals surface area contributed by atoms with Gasteiger partial charge in [-0.15, -0.1) is 0 Å². The first-order valence-corrected chi connectivity index (χ1v) is 6.18. The summed E-state index contributed by atoms with van der Waals surface area (Å²) in [5.41, 5.74) is 3.60. The van der Waals surface area contributed by atoms with Crippen LogP contribution < -0.4 is 5.32 Å². The molecule has 0 aromatic heterocycles. The highest BCUT2D eigenvalue weighted by Gasteiger charge is 2.09. The van der Waals surface area contributed by atoms with E-state index in [1.165, 1.54) is 13.0 Å². The van der Waals surface area contributed by atoms with Crippen LogP contribution in [0.3, 0.4) is 0 Å². The molecule has 2 rings (SSSR count). The minimum atomic E-state index is -0.135. The molecule has 1 amide bonds. The van der Waals surface area contributed by atoms with Crippen LogP contribution in [-0.2, 0) is 4.79 Å². The van der Waals surface area contributed by atoms with Crippen molar-refractivity contribution in [2.45, 2.75) is 13.8 Å². The van der Waals surface area contributed by atoms with Crippen LogP contribution in [0.5, 0.6) is 5.75 Å². The summed E-state index contributed by atoms with van der Waals surface area (Å²) in [6.45, 7) is 3.35. The molecular formula is C16H15NO3. The smallest absolute Gasteiger partial charge is 0.221 e. The van der Waals surface area contributed by atoms with Gasteiger partial charge in [0.25, 0.3) is 0 Å². The van der Waals surface area contributed by atoms with E-state index in [0.29, 0.717) is 6.29 Å². The second-order valence-electron chi connectivity index (χ2n) is 4.55. The Labute approximate surface area is 117 Å². The summed E-state index contributed by atoms with van der Waals surface area (Å²) in [6, 6.07) is 10.4. The monoisotopic (exact) mass is 269 g/mol. The number of carbonyl (C=O) groups excluding carboxylic acids is 2. The van der Waals surface area contributed by atoms with Gasteiger partial charge in [-0.25, -0.2) is 0 Å². The first-order valence-electron chi connectivity index (χ1n) is 6.18. The van der Waals surface area contributed by atoms with Crippen molar-refractivity contribution in [3.63, 3.8) is 0 Å². The van der Waals surface area contributed by atoms with Gasteiger partial charge >= 0.3 is 0 Å². The lowest BCUT2D eigenvalue weighted by atomic mass is 9.97. The van der Waals surface area contributed by atoms with Gasteiger partial charge in [0.15, 0.2) is 6.29 Å². The third-order valence-corrected chi connectivity index (χ3v) is 3.11. The van der Waals surface area contributed by atoms with Gasteiger partial charge < -0.3 is 10.4 Å². The number of aldehydes is 1. The van der Waals surface area contributed by atoms with Crippen LogP contribution in [0.4, 0.5) is 5.69 Å². The third-order valence-electron chi connectivity index (χ3n) is 3.11. The molecule has 20 heavy (non-hydrogen) atoms. The lowest BCUT2D eigenvalue weighted by Gasteiger charge is -2.12. The van der Waals surface area contributed by atoms with Crippen LogP contribution in [-0.4, -0.2) is 17.3 Å². The molecule has 2 N–H and O–H groups in total. The number of nitrogens with one attached hydrogen (secondary N) is 1. The molecule has 0 spiro atoms. The SMILES string of the molecule is CC(=O)Nc1cccc(-c2ccc(O)c(C=O)c2)c1C. The molecule has 2 aromatic rings. The lowest BCUT2D eigenvalue weighted by molar-refractivity contribution is -0.114. The molecule has 0 aliphatic heterocycles. The fourth-order valence-corrected chi connectivity index (χ4v) is 2.09. The largest absolute Gasteiger partial charge is 0.507 e. The van der Waals surface area contributed by atoms with Gasteiger partial charge in [0.2, 0.25) is 5.91 Å². The normalized spacial score (nSPS) is 10.1. The van der Waals surface area contributed by atoms with Crippen molar-refractivity contribution >= 4 is 17.9 Å². The molecule has 4 heteroatoms. The fourth-order valence-electron chi connectivity index (χ4n) is 2.09. The predicted octanol–water partition coefficient (Wildman–Crippen LogP) is 3.14. The van der Waals surface area contributed by atoms with Gasteiger partial charge in [-0.3, -0.25) is 9.59 Å². The highest BCUT2D eigenvalue weighted by molar-refractivity contribution is 5.91. The Morgan fingerprint density at radius 1 is 1.25 bits per heavy atom. The van der Waals surface area contributed by atoms with Crippen LogP contribution >= 0.6 is 0 Å². The van der Waals surface area contributed by atoms with Gasteiger partial charge in [0, 0.05) is 12.6 Å². The first-order chi connectivity index (χ1) is 9.52. The molecule has 4 nitrogen and oxygen atoms in total. The van der Waals surface area contributed by atoms with E-state index in [1.54, 1.807) is 12.1 Å². The van der Waals surface area contributed by atoms with Crippen molar-refractivity contribution in [3.05, 3.63) is 47.5 Å². The Morgan fingerprint density at radius 2 is 2.00 bits per heavy atom. The maximum atomic E-state index is 11.2. The predicted molar refractivity (Wildman–Crippen MR) is 78.0 cm³/mol. The van der Waals surface area contributed by atoms with Gasteiger partial charge in [0.1, 0.15) is 5.75 Å². The van der Waals surface area contributed by atoms with Crippen molar-refractivity contribution in [3.8, 4) is 16.9 Å². The molecule has 0 bridgehead atoms. The Hall–Kier alpha value is -2.62. The van der Waals surface area contributed by atoms with Crippen molar-refractivity contribution in [1.82, 2.24) is 0 Å². The molecule has 0 aliphatic carbocycles. The topological polar surface area (TPSA) is 66.4 Å². The number of benzene rings is 2. The standard InChI is InChI=1S/C16H15NO3/c1-10-14(4-3-5-15(10)17-11(2)19)12-6-7-16(20)13(8-12)9-18/h3-9,20H,1-2H3,(H,17,19). The molecule has 0 saturated carbocycles. The van der Waals surface area contributed by atoms with Crippen LogP contribution in [0.25, 0.3) is 11.1 Å². The van der Waals surface area contributed by atoms with E-state index in [1.807, 2.05) is 25.1 Å². The zero-order valence-electron chi connectivity index (χ0n) is 11.3. The second kappa shape index (κ2) is 5.57. The summed E-state index contributed by atoms with van der Waals surface area (Å²) in [5, 5.41) is 12.3. The maximum Gasteiger partial charge on any atom is 0.221 e. The molecule has 0 radical (unpaired) electrons. The minimum absolute atomic E-state index is 0.0422.